The first kappa shape index (κ1) is 13.3. The zero-order chi connectivity index (χ0) is 13.2. The Morgan fingerprint density at radius 1 is 1.44 bits per heavy atom. The molecule has 2 rings (SSSR count). The van der Waals surface area contributed by atoms with Gasteiger partial charge in [0.15, 0.2) is 0 Å². The molecule has 2 aliphatic heterocycles. The maximum atomic E-state index is 12.6. The lowest BCUT2D eigenvalue weighted by Crippen LogP contribution is -2.46. The summed E-state index contributed by atoms with van der Waals surface area (Å²) < 4.78 is 5.27. The van der Waals surface area contributed by atoms with Crippen molar-refractivity contribution in [3.8, 4) is 6.07 Å². The molecule has 18 heavy (non-hydrogen) atoms. The molecular formula is C13H21N3O2. The number of ether oxygens (including phenoxy) is 1. The molecule has 0 aromatic carbocycles. The number of carbonyl (C=O) groups excluding carboxylic acids is 1. The molecule has 100 valence electrons. The summed E-state index contributed by atoms with van der Waals surface area (Å²) in [4.78, 5) is 16.6. The van der Waals surface area contributed by atoms with Crippen LogP contribution in [0.25, 0.3) is 0 Å². The third-order valence-corrected chi connectivity index (χ3v) is 4.15. The predicted octanol–water partition coefficient (Wildman–Crippen LogP) is 0.469. The number of nitrogens with zero attached hydrogens (tertiary/aromatic N) is 3. The summed E-state index contributed by atoms with van der Waals surface area (Å²) in [5.74, 6) is 0.0117. The lowest BCUT2D eigenvalue weighted by Gasteiger charge is -2.33. The van der Waals surface area contributed by atoms with E-state index in [-0.39, 0.29) is 5.91 Å². The van der Waals surface area contributed by atoms with Crippen LogP contribution in [0.5, 0.6) is 0 Å². The second kappa shape index (κ2) is 5.25. The van der Waals surface area contributed by atoms with E-state index in [1.807, 2.05) is 19.0 Å². The van der Waals surface area contributed by atoms with Crippen LogP contribution in [-0.4, -0.2) is 62.1 Å². The third-order valence-electron chi connectivity index (χ3n) is 4.15. The minimum absolute atomic E-state index is 0.0117. The van der Waals surface area contributed by atoms with E-state index in [4.69, 9.17) is 4.74 Å². The van der Waals surface area contributed by atoms with E-state index >= 15 is 0 Å². The summed E-state index contributed by atoms with van der Waals surface area (Å²) in [5, 5.41) is 9.38. The quantitative estimate of drug-likeness (QED) is 0.716. The zero-order valence-corrected chi connectivity index (χ0v) is 11.2. The molecule has 2 aliphatic rings. The van der Waals surface area contributed by atoms with Crippen molar-refractivity contribution in [1.82, 2.24) is 9.80 Å². The number of hydrogen-bond donors (Lipinski definition) is 0. The Balaban J connectivity index is 2.05. The summed E-state index contributed by atoms with van der Waals surface area (Å²) in [5.41, 5.74) is -0.834. The summed E-state index contributed by atoms with van der Waals surface area (Å²) >= 11 is 0. The van der Waals surface area contributed by atoms with Crippen LogP contribution in [-0.2, 0) is 9.53 Å². The molecule has 0 aromatic rings. The first-order valence-electron chi connectivity index (χ1n) is 6.54. The minimum atomic E-state index is -0.834. The molecule has 1 unspecified atom stereocenters. The van der Waals surface area contributed by atoms with Crippen LogP contribution in [0.15, 0.2) is 0 Å². The second-order valence-electron chi connectivity index (χ2n) is 5.46. The van der Waals surface area contributed by atoms with Crippen LogP contribution in [0.4, 0.5) is 0 Å². The molecule has 0 aliphatic carbocycles. The Bertz CT molecular complexity index is 356. The van der Waals surface area contributed by atoms with Gasteiger partial charge < -0.3 is 14.5 Å². The maximum Gasteiger partial charge on any atom is 0.243 e. The van der Waals surface area contributed by atoms with E-state index in [0.29, 0.717) is 32.1 Å². The van der Waals surface area contributed by atoms with Crippen molar-refractivity contribution in [2.75, 3.05) is 40.4 Å². The van der Waals surface area contributed by atoms with Gasteiger partial charge >= 0.3 is 0 Å². The van der Waals surface area contributed by atoms with E-state index in [1.165, 1.54) is 0 Å². The van der Waals surface area contributed by atoms with Crippen molar-refractivity contribution in [3.05, 3.63) is 0 Å². The molecule has 1 atom stereocenters. The number of likely N-dealkylation sites (N-methyl/N-ethyl adjacent to an activating group) is 1. The van der Waals surface area contributed by atoms with Gasteiger partial charge in [0.05, 0.1) is 6.07 Å². The highest BCUT2D eigenvalue weighted by atomic mass is 16.5. The number of carbonyl (C=O) groups is 1. The molecule has 0 aromatic heterocycles. The van der Waals surface area contributed by atoms with Crippen molar-refractivity contribution in [2.24, 2.45) is 5.41 Å². The first-order chi connectivity index (χ1) is 8.59. The highest BCUT2D eigenvalue weighted by molar-refractivity contribution is 5.86. The molecule has 5 nitrogen and oxygen atoms in total. The highest BCUT2D eigenvalue weighted by Gasteiger charge is 2.44. The standard InChI is InChI=1S/C13H21N3O2/c1-15(2)11-3-6-16(9-11)12(17)13(10-14)4-7-18-8-5-13/h11H,3-9H2,1-2H3. The topological polar surface area (TPSA) is 56.6 Å². The van der Waals surface area contributed by atoms with Crippen LogP contribution in [0, 0.1) is 16.7 Å². The third kappa shape index (κ3) is 2.36. The number of amides is 1. The molecule has 0 N–H and O–H groups in total. The largest absolute Gasteiger partial charge is 0.381 e. The Morgan fingerprint density at radius 2 is 2.11 bits per heavy atom. The van der Waals surface area contributed by atoms with Crippen LogP contribution in [0.1, 0.15) is 19.3 Å². The van der Waals surface area contributed by atoms with Crippen LogP contribution in [0.2, 0.25) is 0 Å². The summed E-state index contributed by atoms with van der Waals surface area (Å²) in [6, 6.07) is 2.67. The normalized spacial score (nSPS) is 27.2. The van der Waals surface area contributed by atoms with Gasteiger partial charge in [-0.3, -0.25) is 4.79 Å². The average Bonchev–Trinajstić information content (AvgIpc) is 2.88. The fraction of sp³-hybridized carbons (Fsp3) is 0.846. The molecule has 2 heterocycles. The SMILES string of the molecule is CN(C)C1CCN(C(=O)C2(C#N)CCOCC2)C1. The van der Waals surface area contributed by atoms with E-state index in [2.05, 4.69) is 11.0 Å². The van der Waals surface area contributed by atoms with Gasteiger partial charge in [-0.15, -0.1) is 0 Å². The molecule has 0 saturated carbocycles. The lowest BCUT2D eigenvalue weighted by atomic mass is 9.80. The van der Waals surface area contributed by atoms with Gasteiger partial charge in [0.2, 0.25) is 5.91 Å². The van der Waals surface area contributed by atoms with Crippen molar-refractivity contribution < 1.29 is 9.53 Å². The monoisotopic (exact) mass is 251 g/mol. The smallest absolute Gasteiger partial charge is 0.243 e. The number of nitriles is 1. The summed E-state index contributed by atoms with van der Waals surface area (Å²) in [6.07, 6.45) is 2.06. The number of rotatable bonds is 2. The lowest BCUT2D eigenvalue weighted by molar-refractivity contribution is -0.142. The fourth-order valence-corrected chi connectivity index (χ4v) is 2.74. The average molecular weight is 251 g/mol. The molecule has 2 fully saturated rings. The van der Waals surface area contributed by atoms with Crippen LogP contribution >= 0.6 is 0 Å². The van der Waals surface area contributed by atoms with Gasteiger partial charge in [0.1, 0.15) is 5.41 Å². The van der Waals surface area contributed by atoms with Crippen molar-refractivity contribution in [1.29, 1.82) is 5.26 Å². The summed E-state index contributed by atoms with van der Waals surface area (Å²) in [6.45, 7) is 2.55. The Labute approximate surface area is 108 Å². The van der Waals surface area contributed by atoms with E-state index < -0.39 is 5.41 Å². The number of hydrogen-bond acceptors (Lipinski definition) is 4. The van der Waals surface area contributed by atoms with Gasteiger partial charge in [-0.1, -0.05) is 0 Å². The summed E-state index contributed by atoms with van der Waals surface area (Å²) in [7, 11) is 4.07. The Morgan fingerprint density at radius 3 is 2.61 bits per heavy atom. The van der Waals surface area contributed by atoms with Crippen molar-refractivity contribution >= 4 is 5.91 Å². The number of likely N-dealkylation sites (tertiary alicyclic amines) is 1. The van der Waals surface area contributed by atoms with Gasteiger partial charge in [0.25, 0.3) is 0 Å². The first-order valence-corrected chi connectivity index (χ1v) is 6.54. The van der Waals surface area contributed by atoms with Crippen molar-refractivity contribution in [2.45, 2.75) is 25.3 Å². The van der Waals surface area contributed by atoms with Gasteiger partial charge in [0, 0.05) is 32.3 Å². The Hall–Kier alpha value is -1.12. The second-order valence-corrected chi connectivity index (χ2v) is 5.46. The highest BCUT2D eigenvalue weighted by Crippen LogP contribution is 2.33. The molecule has 0 bridgehead atoms. The Kier molecular flexibility index (Phi) is 3.88. The molecule has 1 amide bonds. The molecule has 0 spiro atoms. The van der Waals surface area contributed by atoms with E-state index in [9.17, 15) is 10.1 Å². The molecular weight excluding hydrogens is 230 g/mol. The van der Waals surface area contributed by atoms with Crippen LogP contribution in [0.3, 0.4) is 0 Å². The van der Waals surface area contributed by atoms with Crippen LogP contribution < -0.4 is 0 Å². The van der Waals surface area contributed by atoms with Gasteiger partial charge in [-0.25, -0.2) is 0 Å². The van der Waals surface area contributed by atoms with E-state index in [0.717, 1.165) is 19.5 Å². The predicted molar refractivity (Wildman–Crippen MR) is 66.8 cm³/mol. The van der Waals surface area contributed by atoms with Gasteiger partial charge in [-0.2, -0.15) is 5.26 Å². The maximum absolute atomic E-state index is 12.6. The molecule has 0 radical (unpaired) electrons. The minimum Gasteiger partial charge on any atom is -0.381 e. The van der Waals surface area contributed by atoms with E-state index in [1.54, 1.807) is 0 Å². The van der Waals surface area contributed by atoms with Gasteiger partial charge in [-0.05, 0) is 33.4 Å². The fourth-order valence-electron chi connectivity index (χ4n) is 2.74. The van der Waals surface area contributed by atoms with Crippen molar-refractivity contribution in [3.63, 3.8) is 0 Å². The zero-order valence-electron chi connectivity index (χ0n) is 11.2. The molecule has 2 saturated heterocycles. The molecule has 5 heteroatoms.